The molecule has 1 aromatic carbocycles. The highest BCUT2D eigenvalue weighted by atomic mass is 16.5. The second kappa shape index (κ2) is 6.65. The molecule has 1 unspecified atom stereocenters. The van der Waals surface area contributed by atoms with Crippen LogP contribution in [-0.4, -0.2) is 34.2 Å². The van der Waals surface area contributed by atoms with Crippen LogP contribution < -0.4 is 5.32 Å². The van der Waals surface area contributed by atoms with Crippen molar-refractivity contribution in [3.63, 3.8) is 0 Å². The van der Waals surface area contributed by atoms with Gasteiger partial charge >= 0.3 is 5.97 Å². The van der Waals surface area contributed by atoms with Gasteiger partial charge in [0.05, 0.1) is 7.11 Å². The zero-order valence-corrected chi connectivity index (χ0v) is 11.8. The number of aromatic nitrogens is 3. The van der Waals surface area contributed by atoms with E-state index in [-0.39, 0.29) is 5.82 Å². The second-order valence-electron chi connectivity index (χ2n) is 4.30. The summed E-state index contributed by atoms with van der Waals surface area (Å²) < 4.78 is 4.73. The number of amides is 1. The van der Waals surface area contributed by atoms with Gasteiger partial charge in [-0.05, 0) is 5.56 Å². The van der Waals surface area contributed by atoms with Crippen LogP contribution in [0.1, 0.15) is 35.0 Å². The summed E-state index contributed by atoms with van der Waals surface area (Å²) >= 11 is 0. The lowest BCUT2D eigenvalue weighted by molar-refractivity contribution is -0.143. The number of carbonyl (C=O) groups excluding carboxylic acids is 2. The van der Waals surface area contributed by atoms with Gasteiger partial charge in [0.25, 0.3) is 5.91 Å². The summed E-state index contributed by atoms with van der Waals surface area (Å²) in [6, 6.07) is 7.95. The van der Waals surface area contributed by atoms with E-state index in [4.69, 9.17) is 4.74 Å². The van der Waals surface area contributed by atoms with Crippen molar-refractivity contribution in [3.8, 4) is 0 Å². The first-order valence-corrected chi connectivity index (χ1v) is 6.50. The highest BCUT2D eigenvalue weighted by Gasteiger charge is 2.25. The van der Waals surface area contributed by atoms with E-state index in [9.17, 15) is 9.59 Å². The molecule has 2 aromatic rings. The van der Waals surface area contributed by atoms with Crippen molar-refractivity contribution in [1.82, 2.24) is 20.5 Å². The summed E-state index contributed by atoms with van der Waals surface area (Å²) in [5.74, 6) is -0.489. The summed E-state index contributed by atoms with van der Waals surface area (Å²) in [7, 11) is 1.27. The molecule has 0 fully saturated rings. The van der Waals surface area contributed by atoms with Gasteiger partial charge in [0, 0.05) is 6.42 Å². The number of aryl methyl sites for hydroxylation is 1. The van der Waals surface area contributed by atoms with Gasteiger partial charge in [0.15, 0.2) is 6.04 Å². The average molecular weight is 288 g/mol. The molecule has 0 saturated carbocycles. The van der Waals surface area contributed by atoms with Crippen LogP contribution >= 0.6 is 0 Å². The standard InChI is InChI=1S/C14H16N4O3/c1-3-10-15-12(18-17-10)13(19)16-11(14(20)21-2)9-7-5-4-6-8-9/h4-8,11H,3H2,1-2H3,(H,16,19)(H,15,17,18). The van der Waals surface area contributed by atoms with Crippen LogP contribution in [0.15, 0.2) is 30.3 Å². The van der Waals surface area contributed by atoms with Crippen molar-refractivity contribution in [2.45, 2.75) is 19.4 Å². The Bertz CT molecular complexity index is 624. The number of carbonyl (C=O) groups is 2. The molecule has 1 heterocycles. The third kappa shape index (κ3) is 3.44. The zero-order valence-electron chi connectivity index (χ0n) is 11.8. The van der Waals surface area contributed by atoms with Crippen molar-refractivity contribution < 1.29 is 14.3 Å². The van der Waals surface area contributed by atoms with Crippen LogP contribution in [0.4, 0.5) is 0 Å². The van der Waals surface area contributed by atoms with Gasteiger partial charge in [-0.15, -0.1) is 5.10 Å². The van der Waals surface area contributed by atoms with Crippen molar-refractivity contribution in [1.29, 1.82) is 0 Å². The number of esters is 1. The van der Waals surface area contributed by atoms with Gasteiger partial charge in [-0.1, -0.05) is 37.3 Å². The van der Waals surface area contributed by atoms with E-state index >= 15 is 0 Å². The SMILES string of the molecule is CCc1nc(C(=O)NC(C(=O)OC)c2ccccc2)n[nH]1. The Morgan fingerprint density at radius 3 is 2.62 bits per heavy atom. The maximum Gasteiger partial charge on any atom is 0.333 e. The molecule has 21 heavy (non-hydrogen) atoms. The molecule has 1 aromatic heterocycles. The van der Waals surface area contributed by atoms with Crippen LogP contribution in [0, 0.1) is 0 Å². The molecule has 0 aliphatic rings. The summed E-state index contributed by atoms with van der Waals surface area (Å²) in [5.41, 5.74) is 0.629. The first kappa shape index (κ1) is 14.7. The van der Waals surface area contributed by atoms with Gasteiger partial charge < -0.3 is 10.1 Å². The van der Waals surface area contributed by atoms with Gasteiger partial charge in [-0.3, -0.25) is 9.89 Å². The monoisotopic (exact) mass is 288 g/mol. The summed E-state index contributed by atoms with van der Waals surface area (Å²) in [6.07, 6.45) is 0.638. The highest BCUT2D eigenvalue weighted by Crippen LogP contribution is 2.14. The molecular formula is C14H16N4O3. The van der Waals surface area contributed by atoms with Gasteiger partial charge in [-0.2, -0.15) is 0 Å². The topological polar surface area (TPSA) is 97.0 Å². The quantitative estimate of drug-likeness (QED) is 0.800. The molecule has 0 spiro atoms. The fourth-order valence-corrected chi connectivity index (χ4v) is 1.79. The highest BCUT2D eigenvalue weighted by molar-refractivity contribution is 5.94. The van der Waals surface area contributed by atoms with Crippen LogP contribution in [-0.2, 0) is 16.0 Å². The van der Waals surface area contributed by atoms with Crippen molar-refractivity contribution in [2.75, 3.05) is 7.11 Å². The lowest BCUT2D eigenvalue weighted by Crippen LogP contribution is -2.35. The summed E-state index contributed by atoms with van der Waals surface area (Å²) in [4.78, 5) is 28.0. The van der Waals surface area contributed by atoms with Crippen molar-refractivity contribution in [3.05, 3.63) is 47.5 Å². The molecule has 0 saturated heterocycles. The van der Waals surface area contributed by atoms with E-state index in [2.05, 4.69) is 20.5 Å². The average Bonchev–Trinajstić information content (AvgIpc) is 3.01. The van der Waals surface area contributed by atoms with Crippen LogP contribution in [0.25, 0.3) is 0 Å². The number of H-pyrrole nitrogens is 1. The molecule has 0 bridgehead atoms. The third-order valence-corrected chi connectivity index (χ3v) is 2.91. The Morgan fingerprint density at radius 1 is 1.33 bits per heavy atom. The van der Waals surface area contributed by atoms with E-state index in [1.165, 1.54) is 7.11 Å². The largest absolute Gasteiger partial charge is 0.467 e. The van der Waals surface area contributed by atoms with E-state index < -0.39 is 17.9 Å². The minimum Gasteiger partial charge on any atom is -0.467 e. The van der Waals surface area contributed by atoms with E-state index in [1.54, 1.807) is 24.3 Å². The molecule has 2 rings (SSSR count). The Balaban J connectivity index is 2.19. The van der Waals surface area contributed by atoms with E-state index in [1.807, 2.05) is 13.0 Å². The molecule has 7 heteroatoms. The number of hydrogen-bond donors (Lipinski definition) is 2. The Morgan fingerprint density at radius 2 is 2.05 bits per heavy atom. The predicted molar refractivity (Wildman–Crippen MR) is 74.4 cm³/mol. The second-order valence-corrected chi connectivity index (χ2v) is 4.30. The molecule has 1 amide bonds. The maximum atomic E-state index is 12.1. The first-order chi connectivity index (χ1) is 10.2. The van der Waals surface area contributed by atoms with Gasteiger partial charge in [0.2, 0.25) is 5.82 Å². The molecule has 0 aliphatic heterocycles. The molecule has 1 atom stereocenters. The third-order valence-electron chi connectivity index (χ3n) is 2.91. The number of hydrogen-bond acceptors (Lipinski definition) is 5. The Hall–Kier alpha value is -2.70. The normalized spacial score (nSPS) is 11.7. The smallest absolute Gasteiger partial charge is 0.333 e. The van der Waals surface area contributed by atoms with Crippen molar-refractivity contribution >= 4 is 11.9 Å². The van der Waals surface area contributed by atoms with Crippen LogP contribution in [0.2, 0.25) is 0 Å². The number of benzene rings is 1. The zero-order chi connectivity index (χ0) is 15.2. The predicted octanol–water partition coefficient (Wildman–Crippen LogP) is 1.01. The minimum atomic E-state index is -0.896. The molecule has 110 valence electrons. The van der Waals surface area contributed by atoms with Crippen LogP contribution in [0.5, 0.6) is 0 Å². The molecule has 2 N–H and O–H groups in total. The number of ether oxygens (including phenoxy) is 1. The van der Waals surface area contributed by atoms with Crippen molar-refractivity contribution in [2.24, 2.45) is 0 Å². The van der Waals surface area contributed by atoms with E-state index in [0.29, 0.717) is 17.8 Å². The lowest BCUT2D eigenvalue weighted by Gasteiger charge is -2.15. The van der Waals surface area contributed by atoms with Crippen LogP contribution in [0.3, 0.4) is 0 Å². The maximum absolute atomic E-state index is 12.1. The minimum absolute atomic E-state index is 0.00307. The number of rotatable bonds is 5. The number of nitrogens with zero attached hydrogens (tertiary/aromatic N) is 2. The molecule has 0 aliphatic carbocycles. The molecule has 0 radical (unpaired) electrons. The fraction of sp³-hybridized carbons (Fsp3) is 0.286. The number of nitrogens with one attached hydrogen (secondary N) is 2. The number of aromatic amines is 1. The Kier molecular flexibility index (Phi) is 4.65. The summed E-state index contributed by atoms with van der Waals surface area (Å²) in [5, 5.41) is 9.05. The molecule has 7 nitrogen and oxygen atoms in total. The fourth-order valence-electron chi connectivity index (χ4n) is 1.79. The van der Waals surface area contributed by atoms with E-state index in [0.717, 1.165) is 0 Å². The Labute approximate surface area is 121 Å². The lowest BCUT2D eigenvalue weighted by atomic mass is 10.1. The molecular weight excluding hydrogens is 272 g/mol. The van der Waals surface area contributed by atoms with Gasteiger partial charge in [0.1, 0.15) is 5.82 Å². The summed E-state index contributed by atoms with van der Waals surface area (Å²) in [6.45, 7) is 1.89. The number of methoxy groups -OCH3 is 1. The van der Waals surface area contributed by atoms with Gasteiger partial charge in [-0.25, -0.2) is 9.78 Å². The first-order valence-electron chi connectivity index (χ1n) is 6.50.